The van der Waals surface area contributed by atoms with E-state index >= 15 is 0 Å². The molecule has 0 bridgehead atoms. The molecule has 1 aliphatic heterocycles. The van der Waals surface area contributed by atoms with Crippen LogP contribution < -0.4 is 0 Å². The van der Waals surface area contributed by atoms with Gasteiger partial charge in [0.25, 0.3) is 0 Å². The summed E-state index contributed by atoms with van der Waals surface area (Å²) in [7, 11) is 0. The second-order valence-corrected chi connectivity index (χ2v) is 8.32. The molecule has 2 amide bonds. The van der Waals surface area contributed by atoms with Crippen molar-refractivity contribution in [3.05, 3.63) is 0 Å². The lowest BCUT2D eigenvalue weighted by Crippen LogP contribution is -2.57. The molecule has 1 saturated heterocycles. The Bertz CT molecular complexity index is 472. The van der Waals surface area contributed by atoms with Gasteiger partial charge in [0.05, 0.1) is 12.1 Å². The van der Waals surface area contributed by atoms with E-state index in [1.165, 1.54) is 0 Å². The van der Waals surface area contributed by atoms with E-state index in [9.17, 15) is 14.7 Å². The summed E-state index contributed by atoms with van der Waals surface area (Å²) < 4.78 is 5.42. The smallest absolute Gasteiger partial charge is 0.410 e. The minimum Gasteiger partial charge on any atom is -0.444 e. The lowest BCUT2D eigenvalue weighted by atomic mass is 9.89. The van der Waals surface area contributed by atoms with E-state index < -0.39 is 11.7 Å². The van der Waals surface area contributed by atoms with Crippen LogP contribution in [0.1, 0.15) is 59.3 Å². The molecule has 1 heterocycles. The van der Waals surface area contributed by atoms with Crippen LogP contribution in [0.2, 0.25) is 0 Å². The number of carbonyl (C=O) groups excluding carboxylic acids is 2. The largest absolute Gasteiger partial charge is 0.444 e. The molecule has 2 unspecified atom stereocenters. The molecule has 7 heteroatoms. The average Bonchev–Trinajstić information content (AvgIpc) is 2.55. The van der Waals surface area contributed by atoms with E-state index in [1.54, 1.807) is 4.90 Å². The molecular formula is C18H31ClN2O4. The fraction of sp³-hybridized carbons (Fsp3) is 0.889. The van der Waals surface area contributed by atoms with Gasteiger partial charge in [0, 0.05) is 19.1 Å². The number of nitrogens with zero attached hydrogens (tertiary/aromatic N) is 2. The van der Waals surface area contributed by atoms with Gasteiger partial charge in [0.1, 0.15) is 11.5 Å². The summed E-state index contributed by atoms with van der Waals surface area (Å²) in [6.45, 7) is 6.65. The maximum Gasteiger partial charge on any atom is 0.410 e. The summed E-state index contributed by atoms with van der Waals surface area (Å²) in [4.78, 5) is 28.1. The second kappa shape index (κ2) is 8.58. The minimum absolute atomic E-state index is 0.0164. The molecule has 2 rings (SSSR count). The van der Waals surface area contributed by atoms with E-state index in [0.29, 0.717) is 25.9 Å². The molecule has 2 fully saturated rings. The number of rotatable bonds is 3. The Morgan fingerprint density at radius 1 is 1.16 bits per heavy atom. The third-order valence-corrected chi connectivity index (χ3v) is 5.19. The molecule has 0 aromatic heterocycles. The Labute approximate surface area is 155 Å². The van der Waals surface area contributed by atoms with Crippen molar-refractivity contribution in [2.45, 2.75) is 83.1 Å². The van der Waals surface area contributed by atoms with Crippen LogP contribution in [0.15, 0.2) is 0 Å². The van der Waals surface area contributed by atoms with Crippen LogP contribution >= 0.6 is 11.6 Å². The predicted octanol–water partition coefficient (Wildman–Crippen LogP) is 2.76. The molecule has 0 aromatic rings. The molecule has 25 heavy (non-hydrogen) atoms. The monoisotopic (exact) mass is 374 g/mol. The molecule has 1 N–H and O–H groups in total. The van der Waals surface area contributed by atoms with Gasteiger partial charge in [0.2, 0.25) is 5.91 Å². The van der Waals surface area contributed by atoms with Crippen molar-refractivity contribution >= 4 is 23.6 Å². The van der Waals surface area contributed by atoms with Crippen molar-refractivity contribution in [3.63, 3.8) is 0 Å². The summed E-state index contributed by atoms with van der Waals surface area (Å²) in [5.74, 6) is -0.196. The topological polar surface area (TPSA) is 70.1 Å². The van der Waals surface area contributed by atoms with Crippen molar-refractivity contribution in [3.8, 4) is 0 Å². The van der Waals surface area contributed by atoms with Crippen LogP contribution in [0.3, 0.4) is 0 Å². The molecule has 2 atom stereocenters. The number of aliphatic hydroxyl groups is 1. The van der Waals surface area contributed by atoms with Gasteiger partial charge in [-0.3, -0.25) is 4.79 Å². The third-order valence-electron chi connectivity index (χ3n) is 4.96. The van der Waals surface area contributed by atoms with Crippen LogP contribution in [0, 0.1) is 0 Å². The fourth-order valence-corrected chi connectivity index (χ4v) is 3.94. The van der Waals surface area contributed by atoms with Crippen LogP contribution in [-0.4, -0.2) is 69.7 Å². The molecule has 6 nitrogen and oxygen atoms in total. The van der Waals surface area contributed by atoms with Gasteiger partial charge in [-0.2, -0.15) is 0 Å². The summed E-state index contributed by atoms with van der Waals surface area (Å²) in [6.07, 6.45) is 4.14. The van der Waals surface area contributed by atoms with E-state index in [1.807, 2.05) is 25.7 Å². The average molecular weight is 375 g/mol. The van der Waals surface area contributed by atoms with Crippen LogP contribution in [0.4, 0.5) is 4.79 Å². The number of likely N-dealkylation sites (tertiary alicyclic amines) is 1. The van der Waals surface area contributed by atoms with Crippen molar-refractivity contribution in [2.24, 2.45) is 0 Å². The van der Waals surface area contributed by atoms with Gasteiger partial charge < -0.3 is 19.6 Å². The zero-order valence-electron chi connectivity index (χ0n) is 15.5. The number of hydrogen-bond donors (Lipinski definition) is 1. The fourth-order valence-electron chi connectivity index (χ4n) is 3.80. The summed E-state index contributed by atoms with van der Waals surface area (Å²) in [5, 5.41) is 10.4. The maximum absolute atomic E-state index is 12.4. The first kappa shape index (κ1) is 20.3. The Hall–Kier alpha value is -1.01. The third kappa shape index (κ3) is 5.48. The van der Waals surface area contributed by atoms with Gasteiger partial charge in [-0.25, -0.2) is 4.79 Å². The number of alkyl halides is 1. The van der Waals surface area contributed by atoms with Crippen LogP contribution in [0.25, 0.3) is 0 Å². The standard InChI is InChI=1S/C18H31ClN2O4/c1-18(2,3)25-17(24)20-10-8-13(9-11-20)21(16(23)12-19)14-6-4-5-7-15(14)22/h13-15,22H,4-12H2,1-3H3. The molecule has 0 aromatic carbocycles. The minimum atomic E-state index is -0.513. The quantitative estimate of drug-likeness (QED) is 0.771. The number of ether oxygens (including phenoxy) is 1. The maximum atomic E-state index is 12.4. The first-order chi connectivity index (χ1) is 11.7. The number of amides is 2. The van der Waals surface area contributed by atoms with Crippen molar-refractivity contribution in [1.29, 1.82) is 0 Å². The Kier molecular flexibility index (Phi) is 6.97. The zero-order chi connectivity index (χ0) is 18.6. The van der Waals surface area contributed by atoms with Crippen LogP contribution in [-0.2, 0) is 9.53 Å². The lowest BCUT2D eigenvalue weighted by molar-refractivity contribution is -0.139. The van der Waals surface area contributed by atoms with Gasteiger partial charge in [-0.15, -0.1) is 11.6 Å². The molecule has 0 radical (unpaired) electrons. The Balaban J connectivity index is 1.99. The van der Waals surface area contributed by atoms with E-state index in [-0.39, 0.29) is 30.0 Å². The highest BCUT2D eigenvalue weighted by molar-refractivity contribution is 6.27. The Morgan fingerprint density at radius 2 is 1.76 bits per heavy atom. The predicted molar refractivity (Wildman–Crippen MR) is 96.7 cm³/mol. The first-order valence-electron chi connectivity index (χ1n) is 9.26. The van der Waals surface area contributed by atoms with Gasteiger partial charge in [-0.1, -0.05) is 12.8 Å². The van der Waals surface area contributed by atoms with Crippen LogP contribution in [0.5, 0.6) is 0 Å². The second-order valence-electron chi connectivity index (χ2n) is 8.05. The van der Waals surface area contributed by atoms with E-state index in [2.05, 4.69) is 0 Å². The SMILES string of the molecule is CC(C)(C)OC(=O)N1CCC(N(C(=O)CCl)C2CCCCC2O)CC1. The number of halogens is 1. The number of hydrogen-bond acceptors (Lipinski definition) is 4. The van der Waals surface area contributed by atoms with Crippen molar-refractivity contribution in [2.75, 3.05) is 19.0 Å². The molecule has 2 aliphatic rings. The highest BCUT2D eigenvalue weighted by Gasteiger charge is 2.38. The number of piperidine rings is 1. The number of carbonyl (C=O) groups is 2. The molecular weight excluding hydrogens is 344 g/mol. The molecule has 0 spiro atoms. The highest BCUT2D eigenvalue weighted by atomic mass is 35.5. The summed E-state index contributed by atoms with van der Waals surface area (Å²) >= 11 is 5.83. The highest BCUT2D eigenvalue weighted by Crippen LogP contribution is 2.29. The molecule has 1 saturated carbocycles. The lowest BCUT2D eigenvalue weighted by Gasteiger charge is -2.45. The zero-order valence-corrected chi connectivity index (χ0v) is 16.3. The number of aliphatic hydroxyl groups excluding tert-OH is 1. The summed E-state index contributed by atoms with van der Waals surface area (Å²) in [6, 6.07) is -0.138. The normalized spacial score (nSPS) is 25.6. The van der Waals surface area contributed by atoms with Gasteiger partial charge in [-0.05, 0) is 46.5 Å². The Morgan fingerprint density at radius 3 is 2.28 bits per heavy atom. The first-order valence-corrected chi connectivity index (χ1v) is 9.79. The van der Waals surface area contributed by atoms with Crippen molar-refractivity contribution in [1.82, 2.24) is 9.80 Å². The van der Waals surface area contributed by atoms with E-state index in [4.69, 9.17) is 16.3 Å². The summed E-state index contributed by atoms with van der Waals surface area (Å²) in [5.41, 5.74) is -0.513. The molecule has 1 aliphatic carbocycles. The van der Waals surface area contributed by atoms with E-state index in [0.717, 1.165) is 25.7 Å². The van der Waals surface area contributed by atoms with Gasteiger partial charge in [0.15, 0.2) is 0 Å². The molecule has 144 valence electrons. The van der Waals surface area contributed by atoms with Crippen molar-refractivity contribution < 1.29 is 19.4 Å². The van der Waals surface area contributed by atoms with Gasteiger partial charge >= 0.3 is 6.09 Å².